The molecular weight excluding hydrogens is 258 g/mol. The number of carbonyl (C=O) groups is 2. The molecule has 0 bridgehead atoms. The van der Waals surface area contributed by atoms with Crippen LogP contribution in [0.5, 0.6) is 0 Å². The number of hydrogen-bond acceptors (Lipinski definition) is 3. The lowest BCUT2D eigenvalue weighted by molar-refractivity contribution is 0.0695. The molecule has 104 valence electrons. The van der Waals surface area contributed by atoms with E-state index < -0.39 is 5.97 Å². The molecule has 0 unspecified atom stereocenters. The lowest BCUT2D eigenvalue weighted by atomic mass is 10.1. The molecule has 0 atom stereocenters. The number of hydrogen-bond donors (Lipinski definition) is 1. The molecule has 20 heavy (non-hydrogen) atoms. The molecule has 0 spiro atoms. The van der Waals surface area contributed by atoms with Gasteiger partial charge < -0.3 is 14.4 Å². The highest BCUT2D eigenvalue weighted by atomic mass is 16.4. The number of benzene rings is 1. The van der Waals surface area contributed by atoms with Crippen molar-refractivity contribution in [3.05, 3.63) is 59.0 Å². The summed E-state index contributed by atoms with van der Waals surface area (Å²) >= 11 is 0. The summed E-state index contributed by atoms with van der Waals surface area (Å²) in [5, 5.41) is 8.81. The molecule has 1 heterocycles. The van der Waals surface area contributed by atoms with Crippen molar-refractivity contribution in [2.24, 2.45) is 0 Å². The molecule has 5 heteroatoms. The van der Waals surface area contributed by atoms with Gasteiger partial charge in [-0.2, -0.15) is 0 Å². The molecule has 0 radical (unpaired) electrons. The predicted molar refractivity (Wildman–Crippen MR) is 72.6 cm³/mol. The lowest BCUT2D eigenvalue weighted by Gasteiger charge is -2.15. The van der Waals surface area contributed by atoms with Crippen LogP contribution in [0.1, 0.15) is 32.2 Å². The Morgan fingerprint density at radius 2 is 1.70 bits per heavy atom. The van der Waals surface area contributed by atoms with E-state index in [1.165, 1.54) is 29.2 Å². The second-order valence-electron chi connectivity index (χ2n) is 4.56. The van der Waals surface area contributed by atoms with Gasteiger partial charge in [-0.1, -0.05) is 0 Å². The van der Waals surface area contributed by atoms with Crippen LogP contribution in [0.4, 0.5) is 0 Å². The van der Waals surface area contributed by atoms with Gasteiger partial charge in [0, 0.05) is 12.6 Å². The van der Waals surface area contributed by atoms with Gasteiger partial charge in [-0.3, -0.25) is 4.79 Å². The fraction of sp³-hybridized carbons (Fsp3) is 0.200. The third kappa shape index (κ3) is 3.06. The van der Waals surface area contributed by atoms with Gasteiger partial charge >= 0.3 is 5.97 Å². The Bertz CT molecular complexity index is 628. The zero-order valence-electron chi connectivity index (χ0n) is 11.3. The van der Waals surface area contributed by atoms with Gasteiger partial charge in [-0.05, 0) is 43.3 Å². The van der Waals surface area contributed by atoms with Crippen LogP contribution < -0.4 is 0 Å². The van der Waals surface area contributed by atoms with Gasteiger partial charge in [0.25, 0.3) is 5.91 Å². The topological polar surface area (TPSA) is 70.8 Å². The lowest BCUT2D eigenvalue weighted by Crippen LogP contribution is -2.26. The van der Waals surface area contributed by atoms with Crippen molar-refractivity contribution >= 4 is 11.9 Å². The fourth-order valence-electron chi connectivity index (χ4n) is 1.85. The minimum atomic E-state index is -1.01. The number of amides is 1. The number of furan rings is 1. The molecule has 0 aliphatic rings. The first kappa shape index (κ1) is 13.9. The molecule has 0 saturated heterocycles. The smallest absolute Gasteiger partial charge is 0.335 e. The normalized spacial score (nSPS) is 10.3. The standard InChI is InChI=1S/C15H15NO4/c1-10-3-8-13(20-10)9-16(2)14(17)11-4-6-12(7-5-11)15(18)19/h3-8H,9H2,1-2H3,(H,18,19). The third-order valence-corrected chi connectivity index (χ3v) is 2.91. The second kappa shape index (κ2) is 5.61. The van der Waals surface area contributed by atoms with Crippen molar-refractivity contribution in [2.75, 3.05) is 7.05 Å². The van der Waals surface area contributed by atoms with Gasteiger partial charge in [0.15, 0.2) is 0 Å². The molecule has 0 aliphatic heterocycles. The zero-order valence-corrected chi connectivity index (χ0v) is 11.3. The number of carboxylic acids is 1. The summed E-state index contributed by atoms with van der Waals surface area (Å²) in [7, 11) is 1.67. The minimum absolute atomic E-state index is 0.158. The monoisotopic (exact) mass is 273 g/mol. The second-order valence-corrected chi connectivity index (χ2v) is 4.56. The van der Waals surface area contributed by atoms with Gasteiger partial charge in [0.2, 0.25) is 0 Å². The summed E-state index contributed by atoms with van der Waals surface area (Å²) in [5.74, 6) is 0.312. The van der Waals surface area contributed by atoms with Crippen molar-refractivity contribution in [3.8, 4) is 0 Å². The van der Waals surface area contributed by atoms with Crippen LogP contribution >= 0.6 is 0 Å². The van der Waals surface area contributed by atoms with Crippen LogP contribution in [0, 0.1) is 6.92 Å². The Hall–Kier alpha value is -2.56. The van der Waals surface area contributed by atoms with Crippen molar-refractivity contribution in [3.63, 3.8) is 0 Å². The maximum atomic E-state index is 12.2. The third-order valence-electron chi connectivity index (χ3n) is 2.91. The highest BCUT2D eigenvalue weighted by Crippen LogP contribution is 2.12. The van der Waals surface area contributed by atoms with E-state index >= 15 is 0 Å². The molecule has 1 N–H and O–H groups in total. The molecule has 0 fully saturated rings. The van der Waals surface area contributed by atoms with Gasteiger partial charge in [0.05, 0.1) is 12.1 Å². The maximum Gasteiger partial charge on any atom is 0.335 e. The molecular formula is C15H15NO4. The zero-order chi connectivity index (χ0) is 14.7. The Morgan fingerprint density at radius 1 is 1.10 bits per heavy atom. The predicted octanol–water partition coefficient (Wildman–Crippen LogP) is 2.56. The van der Waals surface area contributed by atoms with Crippen molar-refractivity contribution in [1.82, 2.24) is 4.90 Å². The first-order valence-corrected chi connectivity index (χ1v) is 6.11. The number of aryl methyl sites for hydroxylation is 1. The Labute approximate surface area is 116 Å². The molecule has 2 rings (SSSR count). The highest BCUT2D eigenvalue weighted by Gasteiger charge is 2.14. The summed E-state index contributed by atoms with van der Waals surface area (Å²) < 4.78 is 5.42. The summed E-state index contributed by atoms with van der Waals surface area (Å²) in [5.41, 5.74) is 0.603. The van der Waals surface area contributed by atoms with Crippen molar-refractivity contribution in [2.45, 2.75) is 13.5 Å². The van der Waals surface area contributed by atoms with Crippen LogP contribution in [0.15, 0.2) is 40.8 Å². The minimum Gasteiger partial charge on any atom is -0.478 e. The van der Waals surface area contributed by atoms with Crippen LogP contribution in [-0.4, -0.2) is 28.9 Å². The molecule has 5 nitrogen and oxygen atoms in total. The van der Waals surface area contributed by atoms with Crippen molar-refractivity contribution < 1.29 is 19.1 Å². The van der Waals surface area contributed by atoms with Crippen molar-refractivity contribution in [1.29, 1.82) is 0 Å². The van der Waals surface area contributed by atoms with Gasteiger partial charge in [0.1, 0.15) is 11.5 Å². The molecule has 1 aromatic heterocycles. The number of carboxylic acid groups (broad SMARTS) is 1. The Balaban J connectivity index is 2.08. The largest absolute Gasteiger partial charge is 0.478 e. The Morgan fingerprint density at radius 3 is 2.20 bits per heavy atom. The van der Waals surface area contributed by atoms with Crippen LogP contribution in [0.25, 0.3) is 0 Å². The van der Waals surface area contributed by atoms with Crippen LogP contribution in [0.2, 0.25) is 0 Å². The molecule has 1 amide bonds. The van der Waals surface area contributed by atoms with Gasteiger partial charge in [-0.15, -0.1) is 0 Å². The average molecular weight is 273 g/mol. The summed E-state index contributed by atoms with van der Waals surface area (Å²) in [6.45, 7) is 2.21. The summed E-state index contributed by atoms with van der Waals surface area (Å²) in [4.78, 5) is 24.4. The van der Waals surface area contributed by atoms with Crippen LogP contribution in [-0.2, 0) is 6.54 Å². The molecule has 1 aromatic carbocycles. The number of rotatable bonds is 4. The number of aromatic carboxylic acids is 1. The van der Waals surface area contributed by atoms with E-state index in [2.05, 4.69) is 0 Å². The van der Waals surface area contributed by atoms with Crippen LogP contribution in [0.3, 0.4) is 0 Å². The molecule has 2 aromatic rings. The SMILES string of the molecule is Cc1ccc(CN(C)C(=O)c2ccc(C(=O)O)cc2)o1. The highest BCUT2D eigenvalue weighted by molar-refractivity contribution is 5.95. The van der Waals surface area contributed by atoms with E-state index in [9.17, 15) is 9.59 Å². The molecule has 0 saturated carbocycles. The van der Waals surface area contributed by atoms with Gasteiger partial charge in [-0.25, -0.2) is 4.79 Å². The number of nitrogens with zero attached hydrogens (tertiary/aromatic N) is 1. The summed E-state index contributed by atoms with van der Waals surface area (Å²) in [6, 6.07) is 9.52. The first-order valence-electron chi connectivity index (χ1n) is 6.11. The van der Waals surface area contributed by atoms with E-state index in [0.29, 0.717) is 17.9 Å². The average Bonchev–Trinajstić information content (AvgIpc) is 2.83. The Kier molecular flexibility index (Phi) is 3.89. The number of carbonyl (C=O) groups excluding carboxylic acids is 1. The van der Waals surface area contributed by atoms with E-state index in [4.69, 9.17) is 9.52 Å². The maximum absolute atomic E-state index is 12.2. The quantitative estimate of drug-likeness (QED) is 0.929. The van der Waals surface area contributed by atoms with E-state index in [-0.39, 0.29) is 11.5 Å². The summed E-state index contributed by atoms with van der Waals surface area (Å²) in [6.07, 6.45) is 0. The first-order chi connectivity index (χ1) is 9.47. The molecule has 0 aliphatic carbocycles. The van der Waals surface area contributed by atoms with E-state index in [1.807, 2.05) is 19.1 Å². The fourth-order valence-corrected chi connectivity index (χ4v) is 1.85. The van der Waals surface area contributed by atoms with E-state index in [0.717, 1.165) is 5.76 Å². The van der Waals surface area contributed by atoms with E-state index in [1.54, 1.807) is 7.05 Å².